The van der Waals surface area contributed by atoms with Gasteiger partial charge in [0.2, 0.25) is 5.91 Å². The Morgan fingerprint density at radius 1 is 1.17 bits per heavy atom. The molecule has 29 heavy (non-hydrogen) atoms. The van der Waals surface area contributed by atoms with Crippen molar-refractivity contribution in [1.29, 1.82) is 0 Å². The van der Waals surface area contributed by atoms with Gasteiger partial charge in [-0.1, -0.05) is 23.7 Å². The van der Waals surface area contributed by atoms with Gasteiger partial charge >= 0.3 is 0 Å². The summed E-state index contributed by atoms with van der Waals surface area (Å²) in [6.07, 6.45) is 7.86. The third kappa shape index (κ3) is 6.07. The van der Waals surface area contributed by atoms with E-state index < -0.39 is 0 Å². The second-order valence-electron chi connectivity index (χ2n) is 8.08. The number of nitrogens with one attached hydrogen (secondary N) is 2. The fraction of sp³-hybridized carbons (Fsp3) is 0.500. The summed E-state index contributed by atoms with van der Waals surface area (Å²) in [4.78, 5) is 23.4. The summed E-state index contributed by atoms with van der Waals surface area (Å²) < 4.78 is 0. The lowest BCUT2D eigenvalue weighted by Crippen LogP contribution is -2.36. The molecule has 0 bridgehead atoms. The summed E-state index contributed by atoms with van der Waals surface area (Å²) >= 11 is 5.90. The summed E-state index contributed by atoms with van der Waals surface area (Å²) in [5, 5.41) is 7.16. The van der Waals surface area contributed by atoms with E-state index in [0.717, 1.165) is 43.1 Å². The van der Waals surface area contributed by atoms with Crippen LogP contribution in [0.2, 0.25) is 5.02 Å². The topological polar surface area (TPSA) is 70.2 Å². The Morgan fingerprint density at radius 2 is 2.00 bits per heavy atom. The number of anilines is 2. The zero-order chi connectivity index (χ0) is 20.1. The number of hydrogen-bond donors (Lipinski definition) is 2. The van der Waals surface area contributed by atoms with Gasteiger partial charge < -0.3 is 15.5 Å². The predicted molar refractivity (Wildman–Crippen MR) is 116 cm³/mol. The first-order valence-corrected chi connectivity index (χ1v) is 10.9. The van der Waals surface area contributed by atoms with Crippen molar-refractivity contribution >= 4 is 29.1 Å². The third-order valence-corrected chi connectivity index (χ3v) is 5.86. The molecule has 1 aliphatic carbocycles. The first-order valence-electron chi connectivity index (χ1n) is 10.5. The Labute approximate surface area is 177 Å². The summed E-state index contributed by atoms with van der Waals surface area (Å²) in [6.45, 7) is 2.51. The zero-order valence-corrected chi connectivity index (χ0v) is 17.4. The predicted octanol–water partition coefficient (Wildman–Crippen LogP) is 4.02. The minimum atomic E-state index is 0.107. The number of hydrogen-bond acceptors (Lipinski definition) is 5. The molecule has 2 heterocycles. The monoisotopic (exact) mass is 413 g/mol. The third-order valence-electron chi connectivity index (χ3n) is 5.61. The van der Waals surface area contributed by atoms with Gasteiger partial charge in [-0.05, 0) is 55.7 Å². The second-order valence-corrected chi connectivity index (χ2v) is 8.51. The van der Waals surface area contributed by atoms with Crippen LogP contribution < -0.4 is 15.5 Å². The quantitative estimate of drug-likeness (QED) is 0.684. The number of piperidine rings is 1. The Hall–Kier alpha value is -2.34. The van der Waals surface area contributed by atoms with E-state index in [1.54, 1.807) is 6.33 Å². The molecule has 154 valence electrons. The molecule has 0 spiro atoms. The molecule has 2 N–H and O–H groups in total. The van der Waals surface area contributed by atoms with Crippen molar-refractivity contribution < 1.29 is 4.79 Å². The Bertz CT molecular complexity index is 824. The van der Waals surface area contributed by atoms with Crippen molar-refractivity contribution in [3.05, 3.63) is 47.2 Å². The lowest BCUT2D eigenvalue weighted by atomic mass is 9.93. The highest BCUT2D eigenvalue weighted by atomic mass is 35.5. The molecule has 1 aromatic heterocycles. The van der Waals surface area contributed by atoms with Crippen molar-refractivity contribution in [2.24, 2.45) is 5.92 Å². The van der Waals surface area contributed by atoms with Gasteiger partial charge in [-0.25, -0.2) is 9.97 Å². The van der Waals surface area contributed by atoms with Gasteiger partial charge in [0.25, 0.3) is 0 Å². The number of halogens is 1. The maximum atomic E-state index is 12.3. The standard InChI is InChI=1S/C22H28ClN5O/c23-18-6-3-16(4-7-18)13-24-22(29)10-5-17-2-1-11-28(14-17)21-12-20(25-15-26-21)27-19-8-9-19/h3-4,6-7,12,15,17,19H,1-2,5,8-11,13-14H2,(H,24,29)(H,25,26,27). The lowest BCUT2D eigenvalue weighted by Gasteiger charge is -2.33. The van der Waals surface area contributed by atoms with E-state index in [9.17, 15) is 4.79 Å². The van der Waals surface area contributed by atoms with Gasteiger partial charge in [0.05, 0.1) is 0 Å². The number of carbonyl (C=O) groups excluding carboxylic acids is 1. The molecule has 0 radical (unpaired) electrons. The first kappa shape index (κ1) is 20.0. The molecule has 1 saturated heterocycles. The highest BCUT2D eigenvalue weighted by Crippen LogP contribution is 2.27. The molecule has 2 aliphatic rings. The van der Waals surface area contributed by atoms with Crippen molar-refractivity contribution in [2.45, 2.75) is 51.1 Å². The van der Waals surface area contributed by atoms with Crippen LogP contribution >= 0.6 is 11.6 Å². The van der Waals surface area contributed by atoms with Crippen LogP contribution in [-0.4, -0.2) is 35.0 Å². The van der Waals surface area contributed by atoms with Crippen molar-refractivity contribution in [1.82, 2.24) is 15.3 Å². The van der Waals surface area contributed by atoms with E-state index in [1.807, 2.05) is 24.3 Å². The molecule has 1 saturated carbocycles. The number of carbonyl (C=O) groups is 1. The average Bonchev–Trinajstić information content (AvgIpc) is 3.56. The minimum Gasteiger partial charge on any atom is -0.367 e. The van der Waals surface area contributed by atoms with Crippen molar-refractivity contribution in [3.8, 4) is 0 Å². The van der Waals surface area contributed by atoms with Gasteiger partial charge in [-0.2, -0.15) is 0 Å². The van der Waals surface area contributed by atoms with Crippen LogP contribution in [0.25, 0.3) is 0 Å². The van der Waals surface area contributed by atoms with Gasteiger partial charge in [-0.15, -0.1) is 0 Å². The Morgan fingerprint density at radius 3 is 2.79 bits per heavy atom. The van der Waals surface area contributed by atoms with Crippen molar-refractivity contribution in [3.63, 3.8) is 0 Å². The smallest absolute Gasteiger partial charge is 0.220 e. The maximum absolute atomic E-state index is 12.3. The molecular weight excluding hydrogens is 386 g/mol. The van der Waals surface area contributed by atoms with Crippen LogP contribution in [0.4, 0.5) is 11.6 Å². The SMILES string of the molecule is O=C(CCC1CCCN(c2cc(NC3CC3)ncn2)C1)NCc1ccc(Cl)cc1. The molecule has 1 amide bonds. The van der Waals surface area contributed by atoms with Crippen LogP contribution in [0.3, 0.4) is 0 Å². The van der Waals surface area contributed by atoms with Crippen LogP contribution in [-0.2, 0) is 11.3 Å². The van der Waals surface area contributed by atoms with Crippen molar-refractivity contribution in [2.75, 3.05) is 23.3 Å². The molecular formula is C22H28ClN5O. The molecule has 4 rings (SSSR count). The van der Waals surface area contributed by atoms with Crippen LogP contribution in [0.1, 0.15) is 44.1 Å². The number of rotatable bonds is 8. The zero-order valence-electron chi connectivity index (χ0n) is 16.6. The maximum Gasteiger partial charge on any atom is 0.220 e. The molecule has 2 aromatic rings. The average molecular weight is 414 g/mol. The molecule has 1 aliphatic heterocycles. The highest BCUT2D eigenvalue weighted by Gasteiger charge is 2.24. The van der Waals surface area contributed by atoms with E-state index in [4.69, 9.17) is 11.6 Å². The van der Waals surface area contributed by atoms with Crippen LogP contribution in [0.15, 0.2) is 36.7 Å². The second kappa shape index (κ2) is 9.44. The van der Waals surface area contributed by atoms with Crippen LogP contribution in [0, 0.1) is 5.92 Å². The molecule has 1 atom stereocenters. The Kier molecular flexibility index (Phi) is 6.49. The molecule has 7 heteroatoms. The van der Waals surface area contributed by atoms with Crippen LogP contribution in [0.5, 0.6) is 0 Å². The summed E-state index contributed by atoms with van der Waals surface area (Å²) in [5.74, 6) is 2.52. The van der Waals surface area contributed by atoms with E-state index in [1.165, 1.54) is 19.3 Å². The molecule has 1 aromatic carbocycles. The van der Waals surface area contributed by atoms with Gasteiger partial charge in [0.1, 0.15) is 18.0 Å². The van der Waals surface area contributed by atoms with Gasteiger partial charge in [-0.3, -0.25) is 4.79 Å². The summed E-state index contributed by atoms with van der Waals surface area (Å²) in [7, 11) is 0. The number of amides is 1. The van der Waals surface area contributed by atoms with Gasteiger partial charge in [0, 0.05) is 43.2 Å². The fourth-order valence-electron chi connectivity index (χ4n) is 3.77. The normalized spacial score (nSPS) is 19.1. The largest absolute Gasteiger partial charge is 0.367 e. The highest BCUT2D eigenvalue weighted by molar-refractivity contribution is 6.30. The summed E-state index contributed by atoms with van der Waals surface area (Å²) in [5.41, 5.74) is 1.06. The molecule has 2 fully saturated rings. The number of aromatic nitrogens is 2. The molecule has 1 unspecified atom stereocenters. The Balaban J connectivity index is 1.23. The summed E-state index contributed by atoms with van der Waals surface area (Å²) in [6, 6.07) is 10.2. The van der Waals surface area contributed by atoms with Gasteiger partial charge in [0.15, 0.2) is 0 Å². The lowest BCUT2D eigenvalue weighted by molar-refractivity contribution is -0.121. The minimum absolute atomic E-state index is 0.107. The van der Waals surface area contributed by atoms with E-state index in [0.29, 0.717) is 29.9 Å². The van der Waals surface area contributed by atoms with E-state index in [-0.39, 0.29) is 5.91 Å². The first-order chi connectivity index (χ1) is 14.2. The van der Waals surface area contributed by atoms with E-state index in [2.05, 4.69) is 31.6 Å². The number of nitrogens with zero attached hydrogens (tertiary/aromatic N) is 3. The number of benzene rings is 1. The molecule has 6 nitrogen and oxygen atoms in total. The van der Waals surface area contributed by atoms with E-state index >= 15 is 0 Å². The fourth-order valence-corrected chi connectivity index (χ4v) is 3.90.